The van der Waals surface area contributed by atoms with E-state index in [1.165, 1.54) is 94.6 Å². The topological polar surface area (TPSA) is 11.4 Å². The number of aromatic nitrogens is 1. The number of anilines is 2. The van der Waals surface area contributed by atoms with Crippen LogP contribution in [0, 0.1) is 16.7 Å². The second-order valence-corrected chi connectivity index (χ2v) is 28.0. The highest BCUT2D eigenvalue weighted by Crippen LogP contribution is 2.53. The highest BCUT2D eigenvalue weighted by molar-refractivity contribution is 6.89. The Kier molecular flexibility index (Phi) is 11.2. The number of benzene rings is 4. The van der Waals surface area contributed by atoms with Gasteiger partial charge in [-0.05, 0) is 151 Å². The van der Waals surface area contributed by atoms with Crippen molar-refractivity contribution >= 4 is 51.1 Å². The molecule has 2 aliphatic heterocycles. The lowest BCUT2D eigenvalue weighted by Crippen LogP contribution is -2.57. The molecule has 1 aromatic heterocycles. The van der Waals surface area contributed by atoms with Crippen molar-refractivity contribution in [3.05, 3.63) is 165 Å². The van der Waals surface area contributed by atoms with Crippen molar-refractivity contribution in [3.8, 4) is 0 Å². The van der Waals surface area contributed by atoms with Crippen molar-refractivity contribution in [2.24, 2.45) is 16.7 Å². The van der Waals surface area contributed by atoms with Crippen molar-refractivity contribution in [1.82, 2.24) is 9.47 Å². The van der Waals surface area contributed by atoms with Crippen molar-refractivity contribution in [2.75, 3.05) is 4.90 Å². The largest absolute Gasteiger partial charge is 0.339 e. The highest BCUT2D eigenvalue weighted by atomic mass is 15.2. The van der Waals surface area contributed by atoms with Crippen molar-refractivity contribution < 1.29 is 0 Å². The van der Waals surface area contributed by atoms with Gasteiger partial charge < -0.3 is 14.4 Å². The lowest BCUT2D eigenvalue weighted by atomic mass is 9.30. The summed E-state index contributed by atoms with van der Waals surface area (Å²) in [5.74, 6) is 0.495. The zero-order chi connectivity index (χ0) is 50.4. The summed E-state index contributed by atoms with van der Waals surface area (Å²) in [7, 11) is 0. The minimum absolute atomic E-state index is 0.00363. The molecular formula is C66H82BN3. The Balaban J connectivity index is 1.32. The van der Waals surface area contributed by atoms with Gasteiger partial charge >= 0.3 is 0 Å². The molecule has 364 valence electrons. The van der Waals surface area contributed by atoms with Gasteiger partial charge in [0.2, 0.25) is 6.71 Å². The quantitative estimate of drug-likeness (QED) is 0.167. The Labute approximate surface area is 423 Å². The smallest absolute Gasteiger partial charge is 0.247 e. The van der Waals surface area contributed by atoms with Crippen LogP contribution in [-0.2, 0) is 21.7 Å². The summed E-state index contributed by atoms with van der Waals surface area (Å²) in [5, 5.41) is 2.68. The Morgan fingerprint density at radius 3 is 1.61 bits per heavy atom. The van der Waals surface area contributed by atoms with E-state index in [9.17, 15) is 0 Å². The molecule has 4 heteroatoms. The van der Waals surface area contributed by atoms with Crippen LogP contribution in [0.15, 0.2) is 143 Å². The monoisotopic (exact) mass is 928 g/mol. The first kappa shape index (κ1) is 48.4. The molecule has 10 rings (SSSR count). The summed E-state index contributed by atoms with van der Waals surface area (Å²) in [5.41, 5.74) is 22.5. The van der Waals surface area contributed by atoms with Crippen LogP contribution in [0.2, 0.25) is 0 Å². The molecule has 0 spiro atoms. The molecule has 0 amide bonds. The van der Waals surface area contributed by atoms with E-state index >= 15 is 0 Å². The molecule has 4 aromatic carbocycles. The van der Waals surface area contributed by atoms with Gasteiger partial charge in [0.05, 0.1) is 17.1 Å². The van der Waals surface area contributed by atoms with Gasteiger partial charge in [0, 0.05) is 51.4 Å². The molecule has 70 heavy (non-hydrogen) atoms. The van der Waals surface area contributed by atoms with Crippen molar-refractivity contribution in [1.29, 1.82) is 0 Å². The van der Waals surface area contributed by atoms with Crippen molar-refractivity contribution in [2.45, 2.75) is 178 Å². The maximum atomic E-state index is 2.86. The summed E-state index contributed by atoms with van der Waals surface area (Å²) in [6, 6.07) is 31.8. The van der Waals surface area contributed by atoms with E-state index in [4.69, 9.17) is 0 Å². The Bertz CT molecular complexity index is 3080. The number of hydrogen-bond acceptors (Lipinski definition) is 2. The normalized spacial score (nSPS) is 20.2. The molecule has 2 unspecified atom stereocenters. The average Bonchev–Trinajstić information content (AvgIpc) is 3.60. The Morgan fingerprint density at radius 2 is 1.10 bits per heavy atom. The van der Waals surface area contributed by atoms with Gasteiger partial charge in [-0.3, -0.25) is 0 Å². The fourth-order valence-corrected chi connectivity index (χ4v) is 12.2. The van der Waals surface area contributed by atoms with Crippen LogP contribution in [0.3, 0.4) is 0 Å². The minimum atomic E-state index is -0.00363. The van der Waals surface area contributed by atoms with E-state index in [1.54, 1.807) is 5.57 Å². The fourth-order valence-electron chi connectivity index (χ4n) is 12.2. The number of rotatable bonds is 3. The van der Waals surface area contributed by atoms with E-state index in [2.05, 4.69) is 248 Å². The van der Waals surface area contributed by atoms with Gasteiger partial charge in [-0.2, -0.15) is 0 Å². The second-order valence-electron chi connectivity index (χ2n) is 28.0. The fraction of sp³-hybridized carbons (Fsp3) is 0.455. The van der Waals surface area contributed by atoms with Crippen LogP contribution >= 0.6 is 0 Å². The first-order chi connectivity index (χ1) is 32.5. The molecular weight excluding hydrogens is 846 g/mol. The van der Waals surface area contributed by atoms with E-state index in [-0.39, 0.29) is 45.2 Å². The van der Waals surface area contributed by atoms with Crippen molar-refractivity contribution in [3.63, 3.8) is 0 Å². The third-order valence-electron chi connectivity index (χ3n) is 16.8. The average molecular weight is 928 g/mol. The Hall–Kier alpha value is -5.22. The maximum Gasteiger partial charge on any atom is 0.247 e. The van der Waals surface area contributed by atoms with Crippen LogP contribution in [0.25, 0.3) is 27.5 Å². The minimum Gasteiger partial charge on any atom is -0.339 e. The number of allylic oxidation sites excluding steroid dienone is 8. The summed E-state index contributed by atoms with van der Waals surface area (Å²) in [6.07, 6.45) is 17.0. The molecule has 0 fully saturated rings. The molecule has 5 aliphatic rings. The van der Waals surface area contributed by atoms with E-state index in [0.29, 0.717) is 5.92 Å². The zero-order valence-corrected chi connectivity index (χ0v) is 46.3. The number of nitrogens with zero attached hydrogens (tertiary/aromatic N) is 3. The van der Waals surface area contributed by atoms with Gasteiger partial charge in [-0.15, -0.1) is 0 Å². The highest BCUT2D eigenvalue weighted by Gasteiger charge is 2.51. The molecule has 5 aromatic rings. The summed E-state index contributed by atoms with van der Waals surface area (Å²) in [6.45, 7) is 42.8. The maximum absolute atomic E-state index is 2.86. The molecule has 0 radical (unpaired) electrons. The predicted octanol–water partition coefficient (Wildman–Crippen LogP) is 17.3. The SMILES string of the molecule is CC(C)(C)C1=CC2=C(CC1)N(C1=CCC(C(C)(C)C)C=C1)C1CC(n3c4ccc(C(C)(C)C)cc4c4cc(C(C)(C)C)ccc43)=CC3=C1B2c1cc(C(C)(C)C)ccc1N3c1ccc(C(C)(C)C)cc1. The molecule has 0 bridgehead atoms. The lowest BCUT2D eigenvalue weighted by Gasteiger charge is -2.53. The third kappa shape index (κ3) is 8.22. The van der Waals surface area contributed by atoms with Crippen LogP contribution in [0.4, 0.5) is 11.4 Å². The van der Waals surface area contributed by atoms with Crippen LogP contribution in [0.1, 0.15) is 173 Å². The molecule has 3 heterocycles. The molecule has 0 saturated heterocycles. The van der Waals surface area contributed by atoms with Crippen LogP contribution in [-0.4, -0.2) is 22.2 Å². The standard InChI is InChI=1S/C66H82BN3/c1-61(2,3)41-19-27-47(28-20-41)68-56-33-25-45(65(13,14)15)37-52(56)67-53-38-46(66(16,17)18)26-34-57(53)69(48-29-21-42(22-30-48)62(4,5)6)59-40-49(39-58(68)60(59)67)70-54-31-23-43(63(7,8)9)35-50(54)51-36-44(64(10,11)12)24-32-55(51)70/h19-21,23-25,27-33,35-39,42,59H,22,26,34,40H2,1-18H3. The Morgan fingerprint density at radius 1 is 0.557 bits per heavy atom. The van der Waals surface area contributed by atoms with E-state index in [1.807, 2.05) is 0 Å². The predicted molar refractivity (Wildman–Crippen MR) is 305 cm³/mol. The van der Waals surface area contributed by atoms with Gasteiger partial charge in [0.25, 0.3) is 0 Å². The van der Waals surface area contributed by atoms with Gasteiger partial charge in [-0.25, -0.2) is 0 Å². The summed E-state index contributed by atoms with van der Waals surface area (Å²) >= 11 is 0. The van der Waals surface area contributed by atoms with Crippen LogP contribution in [0.5, 0.6) is 0 Å². The number of hydrogen-bond donors (Lipinski definition) is 0. The van der Waals surface area contributed by atoms with Gasteiger partial charge in [0.15, 0.2) is 0 Å². The van der Waals surface area contributed by atoms with Gasteiger partial charge in [-0.1, -0.05) is 185 Å². The molecule has 0 saturated carbocycles. The second kappa shape index (κ2) is 16.1. The van der Waals surface area contributed by atoms with E-state index in [0.717, 1.165) is 25.7 Å². The first-order valence-electron chi connectivity index (χ1n) is 26.7. The molecule has 3 nitrogen and oxygen atoms in total. The summed E-state index contributed by atoms with van der Waals surface area (Å²) in [4.78, 5) is 5.53. The van der Waals surface area contributed by atoms with Gasteiger partial charge in [0.1, 0.15) is 0 Å². The molecule has 0 N–H and O–H groups in total. The first-order valence-corrected chi connectivity index (χ1v) is 26.7. The van der Waals surface area contributed by atoms with Crippen LogP contribution < -0.4 is 10.4 Å². The zero-order valence-electron chi connectivity index (χ0n) is 46.3. The summed E-state index contributed by atoms with van der Waals surface area (Å²) < 4.78 is 2.67. The molecule has 2 atom stereocenters. The van der Waals surface area contributed by atoms with E-state index < -0.39 is 0 Å². The number of fused-ring (bicyclic) bond motifs is 6. The lowest BCUT2D eigenvalue weighted by molar-refractivity contribution is 0.284. The molecule has 3 aliphatic carbocycles. The third-order valence-corrected chi connectivity index (χ3v) is 16.8.